The van der Waals surface area contributed by atoms with Crippen molar-refractivity contribution in [1.29, 1.82) is 0 Å². The van der Waals surface area contributed by atoms with Gasteiger partial charge in [-0.05, 0) is 103 Å². The van der Waals surface area contributed by atoms with E-state index in [9.17, 15) is 45.6 Å². The second-order valence-corrected chi connectivity index (χ2v) is 18.2. The number of ether oxygens (including phenoxy) is 4. The molecule has 0 radical (unpaired) electrons. The van der Waals surface area contributed by atoms with Crippen LogP contribution in [-0.4, -0.2) is 140 Å². The Bertz CT molecular complexity index is 1790. The molecule has 2 aliphatic heterocycles. The van der Waals surface area contributed by atoms with Gasteiger partial charge in [-0.25, -0.2) is 0 Å². The van der Waals surface area contributed by atoms with E-state index in [-0.39, 0.29) is 18.9 Å². The third-order valence-electron chi connectivity index (χ3n) is 12.0. The maximum Gasteiger partial charge on any atom is 0.220 e. The first-order valence-electron chi connectivity index (χ1n) is 27.1. The van der Waals surface area contributed by atoms with Crippen LogP contribution in [0.1, 0.15) is 129 Å². The summed E-state index contributed by atoms with van der Waals surface area (Å²) in [7, 11) is 0. The van der Waals surface area contributed by atoms with Crippen molar-refractivity contribution >= 4 is 5.91 Å². The molecule has 416 valence electrons. The molecule has 0 spiro atoms. The van der Waals surface area contributed by atoms with Crippen LogP contribution in [0.25, 0.3) is 0 Å². The minimum atomic E-state index is -1.81. The number of carbonyl (C=O) groups excluding carboxylic acids is 1. The zero-order valence-corrected chi connectivity index (χ0v) is 44.3. The SMILES string of the molecule is CC/C=C\C/C=C\C/C=C\C/C=C\C/C=C\C/C=C\C/C=C\C/C=C\C/C=C\CCCC(=O)NC(COC1OC(CO)C(OC2OC(CO)C(O)C(O)C2O)C(O)C1O)C(O)/C=C/CC/C=C/CC/C=C/CCC. The molecule has 1 amide bonds. The molecule has 0 aliphatic carbocycles. The van der Waals surface area contributed by atoms with Gasteiger partial charge in [-0.3, -0.25) is 4.79 Å². The Morgan fingerprint density at radius 3 is 1.39 bits per heavy atom. The second kappa shape index (κ2) is 44.0. The monoisotopic (exact) mass is 1040 g/mol. The molecule has 2 saturated heterocycles. The van der Waals surface area contributed by atoms with Gasteiger partial charge in [0.05, 0.1) is 32.0 Å². The number of allylic oxidation sites excluding steroid dienone is 23. The molecule has 2 aliphatic rings. The molecule has 0 aromatic heterocycles. The van der Waals surface area contributed by atoms with Gasteiger partial charge in [0.15, 0.2) is 12.6 Å². The van der Waals surface area contributed by atoms with E-state index in [1.165, 1.54) is 0 Å². The lowest BCUT2D eigenvalue weighted by atomic mass is 9.97. The van der Waals surface area contributed by atoms with E-state index in [1.54, 1.807) is 6.08 Å². The summed E-state index contributed by atoms with van der Waals surface area (Å²) in [5.74, 6) is -0.322. The van der Waals surface area contributed by atoms with Gasteiger partial charge in [0.2, 0.25) is 5.91 Å². The third-order valence-corrected chi connectivity index (χ3v) is 12.0. The number of unbranched alkanes of at least 4 members (excludes halogenated alkanes) is 4. The van der Waals surface area contributed by atoms with Gasteiger partial charge in [0, 0.05) is 6.42 Å². The Hall–Kier alpha value is -4.13. The fraction of sp³-hybridized carbons (Fsp3) is 0.583. The van der Waals surface area contributed by atoms with Crippen LogP contribution in [0.4, 0.5) is 0 Å². The van der Waals surface area contributed by atoms with Gasteiger partial charge in [0.1, 0.15) is 48.8 Å². The Morgan fingerprint density at radius 1 is 0.500 bits per heavy atom. The Kier molecular flexibility index (Phi) is 39.3. The maximum absolute atomic E-state index is 13.2. The second-order valence-electron chi connectivity index (χ2n) is 18.2. The van der Waals surface area contributed by atoms with Crippen molar-refractivity contribution < 1.29 is 64.6 Å². The predicted molar refractivity (Wildman–Crippen MR) is 294 cm³/mol. The summed E-state index contributed by atoms with van der Waals surface area (Å²) in [5, 5.41) is 86.6. The topological polar surface area (TPSA) is 228 Å². The first kappa shape index (κ1) is 66.0. The first-order chi connectivity index (χ1) is 36.1. The van der Waals surface area contributed by atoms with Crippen LogP contribution in [-0.2, 0) is 23.7 Å². The molecule has 9 N–H and O–H groups in total. The van der Waals surface area contributed by atoms with Gasteiger partial charge in [-0.1, -0.05) is 166 Å². The Balaban J connectivity index is 1.79. The van der Waals surface area contributed by atoms with Crippen molar-refractivity contribution in [2.45, 2.75) is 203 Å². The number of aliphatic hydroxyl groups is 8. The minimum absolute atomic E-state index is 0.178. The zero-order chi connectivity index (χ0) is 53.9. The standard InChI is InChI=1S/C60H93NO13/c1-3-5-7-9-11-13-15-16-17-18-19-20-21-22-23-24-25-26-27-28-29-30-31-32-34-36-38-40-42-44-52(65)61-48(49(64)43-41-39-37-35-33-14-12-10-8-6-4-2)47-71-59-57(70)55(68)58(51(46-63)73-59)74-60-56(69)54(67)53(66)50(45-62)72-60/h5,7-8,10-11,13,16-17,19-20,22-23,25-26,28-29,31-33,35-36,38,41,43,48-51,53-60,62-64,66-70H,3-4,6,9,12,14-15,18,21,24,27,30,34,37,39-40,42,44-47H2,1-2H3,(H,61,65)/b7-5-,10-8+,13-11-,17-16-,20-19-,23-22-,26-25-,29-28-,32-31-,35-33+,38-36-,43-41+. The number of carbonyl (C=O) groups is 1. The predicted octanol–water partition coefficient (Wildman–Crippen LogP) is 8.21. The van der Waals surface area contributed by atoms with E-state index in [2.05, 4.69) is 147 Å². The fourth-order valence-corrected chi connectivity index (χ4v) is 7.62. The van der Waals surface area contributed by atoms with E-state index < -0.39 is 86.8 Å². The number of rotatable bonds is 39. The smallest absolute Gasteiger partial charge is 0.220 e. The summed E-state index contributed by atoms with van der Waals surface area (Å²) in [5.41, 5.74) is 0. The molecule has 0 saturated carbocycles. The number of aliphatic hydroxyl groups excluding tert-OH is 8. The van der Waals surface area contributed by atoms with E-state index in [4.69, 9.17) is 18.9 Å². The van der Waals surface area contributed by atoms with Crippen molar-refractivity contribution in [2.24, 2.45) is 0 Å². The van der Waals surface area contributed by atoms with Crippen LogP contribution in [0.5, 0.6) is 0 Å². The summed E-state index contributed by atoms with van der Waals surface area (Å²) >= 11 is 0. The van der Waals surface area contributed by atoms with Crippen LogP contribution in [0.2, 0.25) is 0 Å². The van der Waals surface area contributed by atoms with Crippen LogP contribution >= 0.6 is 0 Å². The summed E-state index contributed by atoms with van der Waals surface area (Å²) < 4.78 is 22.6. The number of amides is 1. The summed E-state index contributed by atoms with van der Waals surface area (Å²) in [6.45, 7) is 2.49. The average molecular weight is 1040 g/mol. The van der Waals surface area contributed by atoms with Crippen molar-refractivity contribution in [3.8, 4) is 0 Å². The summed E-state index contributed by atoms with van der Waals surface area (Å²) in [6.07, 6.45) is 49.1. The maximum atomic E-state index is 13.2. The van der Waals surface area contributed by atoms with Gasteiger partial charge < -0.3 is 65.1 Å². The van der Waals surface area contributed by atoms with Gasteiger partial charge >= 0.3 is 0 Å². The minimum Gasteiger partial charge on any atom is -0.394 e. The van der Waals surface area contributed by atoms with E-state index in [0.717, 1.165) is 89.9 Å². The quantitative estimate of drug-likeness (QED) is 0.0209. The van der Waals surface area contributed by atoms with Crippen molar-refractivity contribution in [3.05, 3.63) is 146 Å². The molecule has 2 fully saturated rings. The highest BCUT2D eigenvalue weighted by Gasteiger charge is 2.51. The normalized spacial score (nSPS) is 26.4. The van der Waals surface area contributed by atoms with Crippen molar-refractivity contribution in [1.82, 2.24) is 5.32 Å². The van der Waals surface area contributed by atoms with Gasteiger partial charge in [-0.2, -0.15) is 0 Å². The zero-order valence-electron chi connectivity index (χ0n) is 44.3. The van der Waals surface area contributed by atoms with Crippen LogP contribution in [0.3, 0.4) is 0 Å². The molecule has 0 aromatic carbocycles. The fourth-order valence-electron chi connectivity index (χ4n) is 7.62. The van der Waals surface area contributed by atoms with Crippen molar-refractivity contribution in [2.75, 3.05) is 19.8 Å². The third kappa shape index (κ3) is 29.8. The molecule has 0 bridgehead atoms. The highest BCUT2D eigenvalue weighted by atomic mass is 16.7. The van der Waals surface area contributed by atoms with Gasteiger partial charge in [0.25, 0.3) is 0 Å². The number of hydrogen-bond acceptors (Lipinski definition) is 13. The first-order valence-corrected chi connectivity index (χ1v) is 27.1. The highest BCUT2D eigenvalue weighted by molar-refractivity contribution is 5.76. The van der Waals surface area contributed by atoms with E-state index in [1.807, 2.05) is 12.2 Å². The molecule has 0 aromatic rings. The molecule has 14 nitrogen and oxygen atoms in total. The molecule has 12 atom stereocenters. The van der Waals surface area contributed by atoms with E-state index >= 15 is 0 Å². The molecule has 14 heteroatoms. The summed E-state index contributed by atoms with van der Waals surface area (Å²) in [4.78, 5) is 13.2. The van der Waals surface area contributed by atoms with Gasteiger partial charge in [-0.15, -0.1) is 0 Å². The van der Waals surface area contributed by atoms with Crippen molar-refractivity contribution in [3.63, 3.8) is 0 Å². The van der Waals surface area contributed by atoms with E-state index in [0.29, 0.717) is 19.3 Å². The summed E-state index contributed by atoms with van der Waals surface area (Å²) in [6, 6.07) is -0.979. The average Bonchev–Trinajstić information content (AvgIpc) is 3.40. The molecule has 2 rings (SSSR count). The highest BCUT2D eigenvalue weighted by Crippen LogP contribution is 2.30. The lowest BCUT2D eigenvalue weighted by Crippen LogP contribution is -2.65. The van der Waals surface area contributed by atoms with Crippen LogP contribution in [0, 0.1) is 0 Å². The lowest BCUT2D eigenvalue weighted by Gasteiger charge is -2.46. The largest absolute Gasteiger partial charge is 0.394 e. The molecular formula is C60H93NO13. The molecular weight excluding hydrogens is 943 g/mol. The Morgan fingerprint density at radius 2 is 0.919 bits per heavy atom. The molecule has 2 heterocycles. The van der Waals surface area contributed by atoms with Crippen LogP contribution in [0.15, 0.2) is 146 Å². The van der Waals surface area contributed by atoms with Crippen LogP contribution < -0.4 is 5.32 Å². The Labute approximate surface area is 443 Å². The molecule has 74 heavy (non-hydrogen) atoms. The lowest BCUT2D eigenvalue weighted by molar-refractivity contribution is -0.359. The number of hydrogen-bond donors (Lipinski definition) is 9. The molecule has 12 unspecified atom stereocenters. The number of nitrogens with one attached hydrogen (secondary N) is 1.